The van der Waals surface area contributed by atoms with Crippen LogP contribution in [0.3, 0.4) is 0 Å². The van der Waals surface area contributed by atoms with Crippen molar-refractivity contribution < 1.29 is 4.39 Å². The Hall–Kier alpha value is -3.45. The van der Waals surface area contributed by atoms with Crippen LogP contribution in [0.15, 0.2) is 65.9 Å². The van der Waals surface area contributed by atoms with E-state index in [-0.39, 0.29) is 23.9 Å². The zero-order chi connectivity index (χ0) is 20.9. The predicted octanol–water partition coefficient (Wildman–Crippen LogP) is 3.39. The lowest BCUT2D eigenvalue weighted by molar-refractivity contribution is 0.504. The van der Waals surface area contributed by atoms with Gasteiger partial charge in [-0.05, 0) is 35.7 Å². The van der Waals surface area contributed by atoms with E-state index in [1.54, 1.807) is 0 Å². The summed E-state index contributed by atoms with van der Waals surface area (Å²) in [5.41, 5.74) is 5.81. The Kier molecular flexibility index (Phi) is 4.17. The summed E-state index contributed by atoms with van der Waals surface area (Å²) in [5.74, 6) is 0.734. The second-order valence-corrected chi connectivity index (χ2v) is 8.33. The van der Waals surface area contributed by atoms with Crippen molar-refractivity contribution in [2.24, 2.45) is 12.0 Å². The molecular weight excluding hydrogens is 391 g/mol. The van der Waals surface area contributed by atoms with Crippen LogP contribution in [0.25, 0.3) is 10.9 Å². The number of hydrogen-bond donors (Lipinski definition) is 3. The third-order valence-corrected chi connectivity index (χ3v) is 6.33. The van der Waals surface area contributed by atoms with E-state index in [0.717, 1.165) is 35.4 Å². The van der Waals surface area contributed by atoms with Crippen molar-refractivity contribution in [3.63, 3.8) is 0 Å². The molecule has 2 unspecified atom stereocenters. The Morgan fingerprint density at radius 2 is 1.90 bits per heavy atom. The van der Waals surface area contributed by atoms with Crippen molar-refractivity contribution in [2.75, 3.05) is 6.54 Å². The summed E-state index contributed by atoms with van der Waals surface area (Å²) in [5, 5.41) is 12.9. The molecule has 0 amide bonds. The van der Waals surface area contributed by atoms with E-state index in [4.69, 9.17) is 4.99 Å². The van der Waals surface area contributed by atoms with Crippen LogP contribution in [0.5, 0.6) is 0 Å². The monoisotopic (exact) mass is 414 g/mol. The van der Waals surface area contributed by atoms with Crippen molar-refractivity contribution in [3.05, 3.63) is 89.1 Å². The molecule has 2 aromatic carbocycles. The van der Waals surface area contributed by atoms with Gasteiger partial charge in [0, 0.05) is 41.9 Å². The first kappa shape index (κ1) is 18.3. The van der Waals surface area contributed by atoms with Crippen molar-refractivity contribution in [1.82, 2.24) is 25.4 Å². The molecule has 6 rings (SSSR count). The number of aryl methyl sites for hydroxylation is 1. The third kappa shape index (κ3) is 3.13. The average molecular weight is 414 g/mol. The van der Waals surface area contributed by atoms with Gasteiger partial charge in [0.25, 0.3) is 0 Å². The van der Waals surface area contributed by atoms with E-state index >= 15 is 0 Å². The maximum atomic E-state index is 13.3. The lowest BCUT2D eigenvalue weighted by Crippen LogP contribution is -2.48. The number of H-pyrrole nitrogens is 1. The summed E-state index contributed by atoms with van der Waals surface area (Å²) in [4.78, 5) is 8.60. The number of aliphatic imine (C=N–C) groups is 1. The Morgan fingerprint density at radius 3 is 2.71 bits per heavy atom. The van der Waals surface area contributed by atoms with Crippen molar-refractivity contribution >= 4 is 16.7 Å². The van der Waals surface area contributed by atoms with E-state index in [1.807, 2.05) is 30.1 Å². The number of halogens is 1. The first-order valence-corrected chi connectivity index (χ1v) is 10.6. The first-order valence-electron chi connectivity index (χ1n) is 10.6. The van der Waals surface area contributed by atoms with Crippen LogP contribution in [0, 0.1) is 5.82 Å². The van der Waals surface area contributed by atoms with E-state index in [2.05, 4.69) is 51.2 Å². The first-order chi connectivity index (χ1) is 15.2. The smallest absolute Gasteiger partial charge is 0.123 e. The molecule has 2 aliphatic heterocycles. The van der Waals surface area contributed by atoms with Crippen LogP contribution in [0.1, 0.15) is 34.5 Å². The summed E-state index contributed by atoms with van der Waals surface area (Å²) in [6, 6.07) is 15.1. The highest BCUT2D eigenvalue weighted by molar-refractivity contribution is 5.92. The van der Waals surface area contributed by atoms with Crippen LogP contribution in [-0.2, 0) is 13.5 Å². The fourth-order valence-electron chi connectivity index (χ4n) is 4.81. The Balaban J connectivity index is 1.38. The number of nitrogens with one attached hydrogen (secondary N) is 3. The molecule has 0 bridgehead atoms. The van der Waals surface area contributed by atoms with E-state index in [9.17, 15) is 4.39 Å². The number of para-hydroxylation sites is 1. The molecule has 4 heterocycles. The standard InChI is InChI=1S/C24H23FN6/c1-31-13-15(11-27-31)22-23-18(17-4-2-3-5-19(17)28-23)10-20(29-22)24-26-12-21(30-24)14-6-8-16(25)9-7-14/h2-9,11,13,20-22,28-29H,10,12H2,1H3,(H,26,30)/t20-,21?,22?/m1/s1. The van der Waals surface area contributed by atoms with Crippen molar-refractivity contribution in [2.45, 2.75) is 24.5 Å². The normalized spacial score (nSPS) is 22.9. The summed E-state index contributed by atoms with van der Waals surface area (Å²) < 4.78 is 15.1. The molecule has 3 atom stereocenters. The molecule has 4 aromatic rings. The zero-order valence-corrected chi connectivity index (χ0v) is 17.1. The van der Waals surface area contributed by atoms with Gasteiger partial charge in [-0.1, -0.05) is 30.3 Å². The molecule has 0 spiro atoms. The molecule has 3 N–H and O–H groups in total. The van der Waals surface area contributed by atoms with Gasteiger partial charge in [-0.3, -0.25) is 15.0 Å². The number of nitrogens with zero attached hydrogens (tertiary/aromatic N) is 3. The third-order valence-electron chi connectivity index (χ3n) is 6.33. The summed E-state index contributed by atoms with van der Waals surface area (Å²) in [7, 11) is 1.94. The molecule has 31 heavy (non-hydrogen) atoms. The zero-order valence-electron chi connectivity index (χ0n) is 17.1. The maximum Gasteiger partial charge on any atom is 0.123 e. The number of rotatable bonds is 3. The van der Waals surface area contributed by atoms with Gasteiger partial charge < -0.3 is 10.3 Å². The molecule has 156 valence electrons. The summed E-state index contributed by atoms with van der Waals surface area (Å²) >= 11 is 0. The topological polar surface area (TPSA) is 70.0 Å². The molecule has 2 aromatic heterocycles. The number of fused-ring (bicyclic) bond motifs is 3. The lowest BCUT2D eigenvalue weighted by atomic mass is 9.91. The molecular formula is C24H23FN6. The molecule has 0 saturated carbocycles. The quantitative estimate of drug-likeness (QED) is 0.481. The second kappa shape index (κ2) is 7.06. The minimum absolute atomic E-state index is 0.00129. The molecule has 0 radical (unpaired) electrons. The SMILES string of the molecule is Cn1cc(C2N[C@@H](C3=NC(c4ccc(F)cc4)CN3)Cc3c2[nH]c2ccccc32)cn1. The molecule has 0 saturated heterocycles. The van der Waals surface area contributed by atoms with E-state index < -0.39 is 0 Å². The average Bonchev–Trinajstić information content (AvgIpc) is 3.52. The van der Waals surface area contributed by atoms with Gasteiger partial charge in [0.1, 0.15) is 11.7 Å². The Bertz CT molecular complexity index is 1290. The molecule has 2 aliphatic rings. The van der Waals surface area contributed by atoms with E-state index in [1.165, 1.54) is 28.8 Å². The minimum Gasteiger partial charge on any atom is -0.370 e. The minimum atomic E-state index is -0.223. The van der Waals surface area contributed by atoms with Gasteiger partial charge in [-0.15, -0.1) is 0 Å². The van der Waals surface area contributed by atoms with Crippen LogP contribution < -0.4 is 10.6 Å². The number of aromatic nitrogens is 3. The largest absolute Gasteiger partial charge is 0.370 e. The number of benzene rings is 2. The Labute approximate surface area is 179 Å². The van der Waals surface area contributed by atoms with Crippen LogP contribution in [0.4, 0.5) is 4.39 Å². The van der Waals surface area contributed by atoms with Crippen LogP contribution in [0.2, 0.25) is 0 Å². The van der Waals surface area contributed by atoms with Gasteiger partial charge in [-0.2, -0.15) is 5.10 Å². The van der Waals surface area contributed by atoms with Gasteiger partial charge in [-0.25, -0.2) is 4.39 Å². The van der Waals surface area contributed by atoms with Gasteiger partial charge in [0.15, 0.2) is 0 Å². The molecule has 0 fully saturated rings. The highest BCUT2D eigenvalue weighted by atomic mass is 19.1. The number of amidine groups is 1. The van der Waals surface area contributed by atoms with E-state index in [0.29, 0.717) is 0 Å². The van der Waals surface area contributed by atoms with Gasteiger partial charge in [0.2, 0.25) is 0 Å². The molecule has 6 nitrogen and oxygen atoms in total. The summed E-state index contributed by atoms with van der Waals surface area (Å²) in [6.45, 7) is 0.720. The summed E-state index contributed by atoms with van der Waals surface area (Å²) in [6.07, 6.45) is 4.82. The lowest BCUT2D eigenvalue weighted by Gasteiger charge is -2.31. The Morgan fingerprint density at radius 1 is 1.06 bits per heavy atom. The highest BCUT2D eigenvalue weighted by Gasteiger charge is 2.35. The second-order valence-electron chi connectivity index (χ2n) is 8.33. The predicted molar refractivity (Wildman–Crippen MR) is 119 cm³/mol. The van der Waals surface area contributed by atoms with Gasteiger partial charge in [0.05, 0.1) is 24.3 Å². The fourth-order valence-corrected chi connectivity index (χ4v) is 4.81. The van der Waals surface area contributed by atoms with Crippen LogP contribution in [-0.4, -0.2) is 33.2 Å². The number of aromatic amines is 1. The fraction of sp³-hybridized carbons (Fsp3) is 0.250. The molecule has 7 heteroatoms. The molecule has 0 aliphatic carbocycles. The van der Waals surface area contributed by atoms with Gasteiger partial charge >= 0.3 is 0 Å². The van der Waals surface area contributed by atoms with Crippen LogP contribution >= 0.6 is 0 Å². The highest BCUT2D eigenvalue weighted by Crippen LogP contribution is 2.36. The maximum absolute atomic E-state index is 13.3. The number of hydrogen-bond acceptors (Lipinski definition) is 4. The van der Waals surface area contributed by atoms with Crippen molar-refractivity contribution in [1.29, 1.82) is 0 Å². The van der Waals surface area contributed by atoms with Crippen molar-refractivity contribution in [3.8, 4) is 0 Å².